The first-order chi connectivity index (χ1) is 12.1. The van der Waals surface area contributed by atoms with Crippen LogP contribution in [0.25, 0.3) is 10.9 Å². The highest BCUT2D eigenvalue weighted by atomic mass is 79.9. The predicted molar refractivity (Wildman–Crippen MR) is 103 cm³/mol. The Bertz CT molecular complexity index is 1010. The fourth-order valence-electron chi connectivity index (χ4n) is 4.17. The van der Waals surface area contributed by atoms with Crippen LogP contribution in [0.1, 0.15) is 5.56 Å². The Labute approximate surface area is 154 Å². The zero-order chi connectivity index (χ0) is 17.2. The normalized spacial score (nSPS) is 17.9. The van der Waals surface area contributed by atoms with Gasteiger partial charge in [-0.05, 0) is 30.3 Å². The SMILES string of the molecule is CN1C(=O)C2(CN(c3ccccc3)C2)c2c1cnc1ccc(Br)cc21. The topological polar surface area (TPSA) is 36.4 Å². The van der Waals surface area contributed by atoms with Crippen molar-refractivity contribution in [3.63, 3.8) is 0 Å². The van der Waals surface area contributed by atoms with Gasteiger partial charge in [-0.2, -0.15) is 0 Å². The molecular formula is C20H16BrN3O. The van der Waals surface area contributed by atoms with E-state index in [0.717, 1.165) is 32.3 Å². The number of halogens is 1. The Morgan fingerprint density at radius 1 is 1.12 bits per heavy atom. The molecule has 3 aromatic rings. The van der Waals surface area contributed by atoms with Gasteiger partial charge in [0, 0.05) is 41.2 Å². The number of para-hydroxylation sites is 1. The molecule has 0 radical (unpaired) electrons. The Kier molecular flexibility index (Phi) is 3.01. The van der Waals surface area contributed by atoms with E-state index in [1.165, 1.54) is 0 Å². The first-order valence-electron chi connectivity index (χ1n) is 8.27. The number of carbonyl (C=O) groups is 1. The van der Waals surface area contributed by atoms with Crippen LogP contribution in [0.4, 0.5) is 11.4 Å². The van der Waals surface area contributed by atoms with E-state index in [1.54, 1.807) is 4.90 Å². The van der Waals surface area contributed by atoms with Crippen molar-refractivity contribution in [1.82, 2.24) is 4.98 Å². The van der Waals surface area contributed by atoms with Gasteiger partial charge in [0.2, 0.25) is 5.91 Å². The lowest BCUT2D eigenvalue weighted by atomic mass is 9.73. The number of amides is 1. The zero-order valence-electron chi connectivity index (χ0n) is 13.7. The first kappa shape index (κ1) is 14.9. The number of fused-ring (bicyclic) bond motifs is 4. The molecule has 4 nitrogen and oxygen atoms in total. The van der Waals surface area contributed by atoms with Crippen molar-refractivity contribution in [2.24, 2.45) is 0 Å². The Morgan fingerprint density at radius 2 is 1.88 bits per heavy atom. The summed E-state index contributed by atoms with van der Waals surface area (Å²) in [5.41, 5.74) is 3.68. The number of pyridine rings is 1. The monoisotopic (exact) mass is 393 g/mol. The molecule has 124 valence electrons. The third-order valence-corrected chi connectivity index (χ3v) is 5.90. The summed E-state index contributed by atoms with van der Waals surface area (Å²) in [7, 11) is 1.85. The number of benzene rings is 2. The van der Waals surface area contributed by atoms with Crippen LogP contribution in [-0.2, 0) is 10.2 Å². The van der Waals surface area contributed by atoms with Crippen LogP contribution in [0.15, 0.2) is 59.2 Å². The molecule has 5 heteroatoms. The van der Waals surface area contributed by atoms with Crippen molar-refractivity contribution in [3.8, 4) is 0 Å². The van der Waals surface area contributed by atoms with E-state index in [0.29, 0.717) is 13.1 Å². The van der Waals surface area contributed by atoms with Crippen LogP contribution in [0.3, 0.4) is 0 Å². The van der Waals surface area contributed by atoms with Crippen molar-refractivity contribution < 1.29 is 4.79 Å². The molecule has 0 aliphatic carbocycles. The van der Waals surface area contributed by atoms with E-state index in [9.17, 15) is 4.79 Å². The Morgan fingerprint density at radius 3 is 2.64 bits per heavy atom. The van der Waals surface area contributed by atoms with E-state index < -0.39 is 5.41 Å². The predicted octanol–water partition coefficient (Wildman–Crippen LogP) is 3.73. The maximum absolute atomic E-state index is 13.1. The molecule has 2 aromatic carbocycles. The third-order valence-electron chi connectivity index (χ3n) is 5.41. The number of anilines is 2. The largest absolute Gasteiger partial charge is 0.369 e. The summed E-state index contributed by atoms with van der Waals surface area (Å²) >= 11 is 3.56. The van der Waals surface area contributed by atoms with Gasteiger partial charge < -0.3 is 9.80 Å². The maximum Gasteiger partial charge on any atom is 0.241 e. The lowest BCUT2D eigenvalue weighted by molar-refractivity contribution is -0.123. The average Bonchev–Trinajstić information content (AvgIpc) is 2.83. The van der Waals surface area contributed by atoms with Gasteiger partial charge in [0.1, 0.15) is 5.41 Å². The molecule has 0 atom stereocenters. The number of carbonyl (C=O) groups excluding carboxylic acids is 1. The minimum atomic E-state index is -0.470. The molecule has 1 aromatic heterocycles. The lowest BCUT2D eigenvalue weighted by Crippen LogP contribution is -2.64. The summed E-state index contributed by atoms with van der Waals surface area (Å²) in [5, 5.41) is 1.07. The van der Waals surface area contributed by atoms with Crippen LogP contribution >= 0.6 is 15.9 Å². The first-order valence-corrected chi connectivity index (χ1v) is 9.06. The van der Waals surface area contributed by atoms with Gasteiger partial charge in [-0.15, -0.1) is 0 Å². The van der Waals surface area contributed by atoms with E-state index in [1.807, 2.05) is 43.6 Å². The van der Waals surface area contributed by atoms with Gasteiger partial charge in [-0.1, -0.05) is 34.1 Å². The molecule has 3 heterocycles. The molecule has 0 N–H and O–H groups in total. The number of nitrogens with zero attached hydrogens (tertiary/aromatic N) is 3. The molecule has 25 heavy (non-hydrogen) atoms. The second kappa shape index (κ2) is 5.05. The minimum absolute atomic E-state index is 0.170. The van der Waals surface area contributed by atoms with Crippen LogP contribution in [0.2, 0.25) is 0 Å². The molecule has 1 fully saturated rings. The number of aromatic nitrogens is 1. The van der Waals surface area contributed by atoms with Crippen molar-refractivity contribution >= 4 is 44.1 Å². The molecule has 1 amide bonds. The molecule has 0 saturated carbocycles. The van der Waals surface area contributed by atoms with E-state index in [4.69, 9.17) is 0 Å². The van der Waals surface area contributed by atoms with Crippen molar-refractivity contribution in [3.05, 3.63) is 64.8 Å². The quantitative estimate of drug-likeness (QED) is 0.631. The molecular weight excluding hydrogens is 378 g/mol. The lowest BCUT2D eigenvalue weighted by Gasteiger charge is -2.48. The van der Waals surface area contributed by atoms with Crippen LogP contribution in [-0.4, -0.2) is 31.0 Å². The van der Waals surface area contributed by atoms with Crippen molar-refractivity contribution in [2.45, 2.75) is 5.41 Å². The second-order valence-electron chi connectivity index (χ2n) is 6.82. The van der Waals surface area contributed by atoms with Gasteiger partial charge in [-0.25, -0.2) is 0 Å². The van der Waals surface area contributed by atoms with E-state index in [2.05, 4.69) is 44.0 Å². The molecule has 1 saturated heterocycles. The van der Waals surface area contributed by atoms with E-state index in [-0.39, 0.29) is 5.91 Å². The van der Waals surface area contributed by atoms with Gasteiger partial charge in [0.15, 0.2) is 0 Å². The summed E-state index contributed by atoms with van der Waals surface area (Å²) in [4.78, 5) is 21.7. The van der Waals surface area contributed by atoms with Crippen LogP contribution < -0.4 is 9.80 Å². The zero-order valence-corrected chi connectivity index (χ0v) is 15.3. The highest BCUT2D eigenvalue weighted by Gasteiger charge is 2.58. The molecule has 2 aliphatic rings. The third kappa shape index (κ3) is 1.93. The van der Waals surface area contributed by atoms with Gasteiger partial charge >= 0.3 is 0 Å². The molecule has 2 aliphatic heterocycles. The molecule has 0 unspecified atom stereocenters. The smallest absolute Gasteiger partial charge is 0.241 e. The fraction of sp³-hybridized carbons (Fsp3) is 0.200. The number of likely N-dealkylation sites (N-methyl/N-ethyl adjacent to an activating group) is 1. The Balaban J connectivity index is 1.66. The van der Waals surface area contributed by atoms with Gasteiger partial charge in [0.05, 0.1) is 17.4 Å². The molecule has 0 bridgehead atoms. The summed E-state index contributed by atoms with van der Waals surface area (Å²) < 4.78 is 1.01. The Hall–Kier alpha value is -2.40. The second-order valence-corrected chi connectivity index (χ2v) is 7.73. The highest BCUT2D eigenvalue weighted by molar-refractivity contribution is 9.10. The van der Waals surface area contributed by atoms with Gasteiger partial charge in [-0.3, -0.25) is 9.78 Å². The highest BCUT2D eigenvalue weighted by Crippen LogP contribution is 2.50. The summed E-state index contributed by atoms with van der Waals surface area (Å²) in [5.74, 6) is 0.170. The molecule has 5 rings (SSSR count). The van der Waals surface area contributed by atoms with Crippen LogP contribution in [0, 0.1) is 0 Å². The van der Waals surface area contributed by atoms with Gasteiger partial charge in [0.25, 0.3) is 0 Å². The van der Waals surface area contributed by atoms with Crippen LogP contribution in [0.5, 0.6) is 0 Å². The molecule has 1 spiro atoms. The fourth-order valence-corrected chi connectivity index (χ4v) is 4.53. The number of rotatable bonds is 1. The standard InChI is InChI=1S/C20H16BrN3O/c1-23-17-10-22-16-8-7-13(21)9-15(16)18(17)20(19(23)25)11-24(12-20)14-5-3-2-4-6-14/h2-10H,11-12H2,1H3. The summed E-state index contributed by atoms with van der Waals surface area (Å²) in [6, 6.07) is 16.4. The maximum atomic E-state index is 13.1. The number of hydrogen-bond donors (Lipinski definition) is 0. The van der Waals surface area contributed by atoms with Crippen molar-refractivity contribution in [2.75, 3.05) is 29.9 Å². The summed E-state index contributed by atoms with van der Waals surface area (Å²) in [6.45, 7) is 1.41. The van der Waals surface area contributed by atoms with E-state index >= 15 is 0 Å². The minimum Gasteiger partial charge on any atom is -0.369 e. The summed E-state index contributed by atoms with van der Waals surface area (Å²) in [6.07, 6.45) is 1.84. The average molecular weight is 394 g/mol. The number of hydrogen-bond acceptors (Lipinski definition) is 3. The van der Waals surface area contributed by atoms with Crippen molar-refractivity contribution in [1.29, 1.82) is 0 Å².